The third kappa shape index (κ3) is 3.22. The summed E-state index contributed by atoms with van der Waals surface area (Å²) in [6, 6.07) is 7.52. The molecule has 0 aromatic heterocycles. The fraction of sp³-hybridized carbons (Fsp3) is 0.417. The number of carbonyl (C=O) groups is 1. The summed E-state index contributed by atoms with van der Waals surface area (Å²) in [5, 5.41) is 0.683. The average molecular weight is 241 g/mol. The lowest BCUT2D eigenvalue weighted by Gasteiger charge is -2.21. The molecule has 0 fully saturated rings. The number of nitrogens with two attached hydrogens (primary N) is 1. The molecule has 0 heterocycles. The van der Waals surface area contributed by atoms with Crippen LogP contribution in [0.15, 0.2) is 24.3 Å². The predicted molar refractivity (Wildman–Crippen MR) is 66.1 cm³/mol. The highest BCUT2D eigenvalue weighted by molar-refractivity contribution is 6.31. The summed E-state index contributed by atoms with van der Waals surface area (Å²) < 4.78 is 0. The van der Waals surface area contributed by atoms with Gasteiger partial charge in [0.2, 0.25) is 5.91 Å². The highest BCUT2D eigenvalue weighted by Gasteiger charge is 2.16. The van der Waals surface area contributed by atoms with Gasteiger partial charge in [-0.1, -0.05) is 36.7 Å². The molecule has 0 saturated heterocycles. The molecule has 4 heteroatoms. The van der Waals surface area contributed by atoms with Crippen molar-refractivity contribution in [2.45, 2.75) is 13.5 Å². The number of hydrogen-bond donors (Lipinski definition) is 1. The van der Waals surface area contributed by atoms with Crippen molar-refractivity contribution in [1.82, 2.24) is 4.90 Å². The van der Waals surface area contributed by atoms with Crippen molar-refractivity contribution >= 4 is 17.5 Å². The zero-order valence-corrected chi connectivity index (χ0v) is 10.4. The van der Waals surface area contributed by atoms with Crippen molar-refractivity contribution in [3.8, 4) is 0 Å². The first-order valence-electron chi connectivity index (χ1n) is 5.24. The van der Waals surface area contributed by atoms with Crippen LogP contribution in [-0.2, 0) is 11.3 Å². The van der Waals surface area contributed by atoms with Crippen LogP contribution in [0.1, 0.15) is 12.5 Å². The molecule has 0 saturated carbocycles. The smallest absolute Gasteiger partial charge is 0.226 e. The highest BCUT2D eigenvalue weighted by Crippen LogP contribution is 2.17. The van der Waals surface area contributed by atoms with E-state index in [4.69, 9.17) is 17.3 Å². The number of benzene rings is 1. The second-order valence-electron chi connectivity index (χ2n) is 3.92. The van der Waals surface area contributed by atoms with Crippen LogP contribution in [0.25, 0.3) is 0 Å². The van der Waals surface area contributed by atoms with E-state index in [1.165, 1.54) is 0 Å². The van der Waals surface area contributed by atoms with Gasteiger partial charge in [-0.2, -0.15) is 0 Å². The molecule has 0 aliphatic carbocycles. The van der Waals surface area contributed by atoms with Crippen LogP contribution in [0.4, 0.5) is 0 Å². The van der Waals surface area contributed by atoms with Gasteiger partial charge < -0.3 is 10.6 Å². The molecule has 0 spiro atoms. The lowest BCUT2D eigenvalue weighted by molar-refractivity contribution is -0.133. The first-order chi connectivity index (χ1) is 7.56. The summed E-state index contributed by atoms with van der Waals surface area (Å²) in [6.45, 7) is 2.71. The number of rotatable bonds is 4. The van der Waals surface area contributed by atoms with Gasteiger partial charge in [0.05, 0.1) is 0 Å². The summed E-state index contributed by atoms with van der Waals surface area (Å²) in [7, 11) is 1.76. The summed E-state index contributed by atoms with van der Waals surface area (Å²) in [6.07, 6.45) is 0. The second kappa shape index (κ2) is 5.87. The van der Waals surface area contributed by atoms with E-state index < -0.39 is 0 Å². The largest absolute Gasteiger partial charge is 0.341 e. The molecule has 0 aliphatic rings. The van der Waals surface area contributed by atoms with Gasteiger partial charge in [-0.3, -0.25) is 4.79 Å². The molecule has 3 nitrogen and oxygen atoms in total. The fourth-order valence-electron chi connectivity index (χ4n) is 1.44. The standard InChI is InChI=1S/C12H17ClN2O/c1-9(7-14)12(16)15(2)8-10-5-3-4-6-11(10)13/h3-6,9H,7-8,14H2,1-2H3. The van der Waals surface area contributed by atoms with Crippen LogP contribution < -0.4 is 5.73 Å². The van der Waals surface area contributed by atoms with Gasteiger partial charge in [-0.05, 0) is 11.6 Å². The monoisotopic (exact) mass is 240 g/mol. The molecular formula is C12H17ClN2O. The van der Waals surface area contributed by atoms with Gasteiger partial charge >= 0.3 is 0 Å². The molecule has 1 atom stereocenters. The molecule has 16 heavy (non-hydrogen) atoms. The van der Waals surface area contributed by atoms with Crippen molar-refractivity contribution in [2.75, 3.05) is 13.6 Å². The quantitative estimate of drug-likeness (QED) is 0.874. The van der Waals surface area contributed by atoms with Crippen LogP contribution in [0.5, 0.6) is 0 Å². The maximum Gasteiger partial charge on any atom is 0.226 e. The topological polar surface area (TPSA) is 46.3 Å². The van der Waals surface area contributed by atoms with Crippen LogP contribution in [0.3, 0.4) is 0 Å². The van der Waals surface area contributed by atoms with E-state index >= 15 is 0 Å². The number of hydrogen-bond acceptors (Lipinski definition) is 2. The van der Waals surface area contributed by atoms with E-state index in [-0.39, 0.29) is 11.8 Å². The molecule has 0 radical (unpaired) electrons. The molecule has 1 aromatic carbocycles. The Balaban J connectivity index is 2.68. The molecule has 1 aromatic rings. The molecule has 0 bridgehead atoms. The summed E-state index contributed by atoms with van der Waals surface area (Å²) in [4.78, 5) is 13.4. The first-order valence-corrected chi connectivity index (χ1v) is 5.62. The van der Waals surface area contributed by atoms with Gasteiger partial charge in [-0.25, -0.2) is 0 Å². The van der Waals surface area contributed by atoms with E-state index in [1.54, 1.807) is 11.9 Å². The lowest BCUT2D eigenvalue weighted by Crippen LogP contribution is -2.34. The number of nitrogens with zero attached hydrogens (tertiary/aromatic N) is 1. The van der Waals surface area contributed by atoms with Gasteiger partial charge in [0.1, 0.15) is 0 Å². The summed E-state index contributed by atoms with van der Waals surface area (Å²) >= 11 is 6.02. The van der Waals surface area contributed by atoms with Gasteiger partial charge in [0, 0.05) is 31.1 Å². The zero-order valence-electron chi connectivity index (χ0n) is 9.61. The van der Waals surface area contributed by atoms with E-state index in [1.807, 2.05) is 31.2 Å². The third-order valence-electron chi connectivity index (χ3n) is 2.52. The van der Waals surface area contributed by atoms with Crippen molar-refractivity contribution in [1.29, 1.82) is 0 Å². The Morgan fingerprint density at radius 2 is 2.12 bits per heavy atom. The minimum Gasteiger partial charge on any atom is -0.341 e. The first kappa shape index (κ1) is 13.0. The molecule has 1 unspecified atom stereocenters. The molecule has 88 valence electrons. The Morgan fingerprint density at radius 1 is 1.50 bits per heavy atom. The normalized spacial score (nSPS) is 12.2. The summed E-state index contributed by atoms with van der Waals surface area (Å²) in [5.41, 5.74) is 6.41. The van der Waals surface area contributed by atoms with E-state index in [0.29, 0.717) is 18.1 Å². The third-order valence-corrected chi connectivity index (χ3v) is 2.89. The Morgan fingerprint density at radius 3 is 2.69 bits per heavy atom. The van der Waals surface area contributed by atoms with Gasteiger partial charge in [0.25, 0.3) is 0 Å². The number of halogens is 1. The van der Waals surface area contributed by atoms with E-state index in [9.17, 15) is 4.79 Å². The van der Waals surface area contributed by atoms with Crippen molar-refractivity contribution in [3.63, 3.8) is 0 Å². The molecule has 1 amide bonds. The van der Waals surface area contributed by atoms with Gasteiger partial charge in [-0.15, -0.1) is 0 Å². The molecule has 1 rings (SSSR count). The summed E-state index contributed by atoms with van der Waals surface area (Å²) in [5.74, 6) is -0.102. The maximum absolute atomic E-state index is 11.8. The SMILES string of the molecule is CC(CN)C(=O)N(C)Cc1ccccc1Cl. The minimum absolute atomic E-state index is 0.0439. The lowest BCUT2D eigenvalue weighted by atomic mass is 10.1. The van der Waals surface area contributed by atoms with Crippen LogP contribution >= 0.6 is 11.6 Å². The van der Waals surface area contributed by atoms with E-state index in [0.717, 1.165) is 5.56 Å². The van der Waals surface area contributed by atoms with Crippen LogP contribution in [-0.4, -0.2) is 24.4 Å². The Bertz CT molecular complexity index is 368. The van der Waals surface area contributed by atoms with Crippen LogP contribution in [0, 0.1) is 5.92 Å². The molecule has 2 N–H and O–H groups in total. The average Bonchev–Trinajstić information content (AvgIpc) is 2.30. The number of amides is 1. The highest BCUT2D eigenvalue weighted by atomic mass is 35.5. The predicted octanol–water partition coefficient (Wildman–Crippen LogP) is 1.89. The molecular weight excluding hydrogens is 224 g/mol. The second-order valence-corrected chi connectivity index (χ2v) is 4.33. The fourth-order valence-corrected chi connectivity index (χ4v) is 1.63. The van der Waals surface area contributed by atoms with E-state index in [2.05, 4.69) is 0 Å². The number of carbonyl (C=O) groups excluding carboxylic acids is 1. The van der Waals surface area contributed by atoms with Crippen molar-refractivity contribution in [3.05, 3.63) is 34.9 Å². The Kier molecular flexibility index (Phi) is 4.77. The molecule has 0 aliphatic heterocycles. The minimum atomic E-state index is -0.146. The van der Waals surface area contributed by atoms with Gasteiger partial charge in [0.15, 0.2) is 0 Å². The Hall–Kier alpha value is -1.06. The van der Waals surface area contributed by atoms with Crippen LogP contribution in [0.2, 0.25) is 5.02 Å². The van der Waals surface area contributed by atoms with Crippen molar-refractivity contribution in [2.24, 2.45) is 11.7 Å². The maximum atomic E-state index is 11.8. The van der Waals surface area contributed by atoms with Crippen molar-refractivity contribution < 1.29 is 4.79 Å². The zero-order chi connectivity index (χ0) is 12.1. The Labute approximate surface area is 101 Å².